The maximum Gasteiger partial charge on any atom is 0.417 e. The van der Waals surface area contributed by atoms with Gasteiger partial charge in [0.2, 0.25) is 5.91 Å². The Labute approximate surface area is 253 Å². The number of thioether (sulfide) groups is 1. The maximum atomic E-state index is 15.2. The predicted molar refractivity (Wildman–Crippen MR) is 158 cm³/mol. The molecule has 2 aliphatic heterocycles. The molecule has 0 N–H and O–H groups in total. The molecule has 1 aromatic heterocycles. The maximum absolute atomic E-state index is 15.2. The van der Waals surface area contributed by atoms with Gasteiger partial charge in [0.1, 0.15) is 17.5 Å². The Balaban J connectivity index is 1.86. The lowest BCUT2D eigenvalue weighted by atomic mass is 9.95. The van der Waals surface area contributed by atoms with Crippen LogP contribution >= 0.6 is 23.4 Å². The first kappa shape index (κ1) is 31.0. The molecular formula is C29H27ClF5N5O2S. The fourth-order valence-corrected chi connectivity index (χ4v) is 7.29. The standard InChI is InChI=1S/C29H27ClF5N5O2S/c1-6-23(41)39-14(2)10-38(11-15(39)3)27-18-7-19(29(33,34)35)24(17-8-20(30)22(32)9-21(17)31)26-25(18)40(28(42)36-27)16(13-43-26)12-37(4)5/h6-9,15-16H,1-2,10-13H2,3-5H3/t15-,16+/m1/s1. The van der Waals surface area contributed by atoms with E-state index in [4.69, 9.17) is 11.6 Å². The summed E-state index contributed by atoms with van der Waals surface area (Å²) < 4.78 is 75.0. The van der Waals surface area contributed by atoms with E-state index < -0.39 is 57.3 Å². The molecule has 14 heteroatoms. The number of carbonyl (C=O) groups excluding carboxylic acids is 1. The normalized spacial score (nSPS) is 19.0. The van der Waals surface area contributed by atoms with E-state index in [-0.39, 0.29) is 46.4 Å². The highest BCUT2D eigenvalue weighted by molar-refractivity contribution is 7.99. The van der Waals surface area contributed by atoms with Crippen molar-refractivity contribution in [2.24, 2.45) is 0 Å². The molecule has 2 aliphatic rings. The van der Waals surface area contributed by atoms with Crippen LogP contribution in [0.4, 0.5) is 27.8 Å². The topological polar surface area (TPSA) is 61.7 Å². The van der Waals surface area contributed by atoms with Gasteiger partial charge in [-0.25, -0.2) is 13.6 Å². The minimum absolute atomic E-state index is 0.00434. The number of alkyl halides is 3. The fraction of sp³-hybridized carbons (Fsp3) is 0.345. The summed E-state index contributed by atoms with van der Waals surface area (Å²) >= 11 is 6.97. The van der Waals surface area contributed by atoms with Crippen LogP contribution in [0, 0.1) is 11.6 Å². The van der Waals surface area contributed by atoms with E-state index in [1.54, 1.807) is 25.9 Å². The first-order valence-electron chi connectivity index (χ1n) is 13.1. The van der Waals surface area contributed by atoms with Gasteiger partial charge in [0.05, 0.1) is 34.7 Å². The van der Waals surface area contributed by atoms with E-state index in [2.05, 4.69) is 18.1 Å². The fourth-order valence-electron chi connectivity index (χ4n) is 5.80. The molecule has 0 saturated carbocycles. The highest BCUT2D eigenvalue weighted by Gasteiger charge is 2.41. The van der Waals surface area contributed by atoms with Crippen molar-refractivity contribution in [1.29, 1.82) is 0 Å². The van der Waals surface area contributed by atoms with Gasteiger partial charge >= 0.3 is 11.9 Å². The van der Waals surface area contributed by atoms with Gasteiger partial charge in [-0.15, -0.1) is 11.8 Å². The number of nitrogens with zero attached hydrogens (tertiary/aromatic N) is 5. The molecule has 1 amide bonds. The number of anilines is 1. The number of benzene rings is 2. The van der Waals surface area contributed by atoms with E-state index in [9.17, 15) is 27.2 Å². The summed E-state index contributed by atoms with van der Waals surface area (Å²) in [4.78, 5) is 35.3. The minimum Gasteiger partial charge on any atom is -0.348 e. The Bertz CT molecular complexity index is 1740. The van der Waals surface area contributed by atoms with E-state index in [0.29, 0.717) is 18.3 Å². The number of aromatic nitrogens is 2. The molecule has 43 heavy (non-hydrogen) atoms. The van der Waals surface area contributed by atoms with Crippen LogP contribution in [0.25, 0.3) is 22.0 Å². The molecule has 2 atom stereocenters. The third kappa shape index (κ3) is 5.42. The number of hydrogen-bond donors (Lipinski definition) is 0. The minimum atomic E-state index is -4.97. The monoisotopic (exact) mass is 639 g/mol. The molecule has 3 heterocycles. The second-order valence-corrected chi connectivity index (χ2v) is 12.2. The lowest BCUT2D eigenvalue weighted by molar-refractivity contribution is -0.137. The summed E-state index contributed by atoms with van der Waals surface area (Å²) in [6.07, 6.45) is -3.83. The zero-order valence-electron chi connectivity index (χ0n) is 23.4. The molecule has 228 valence electrons. The second kappa shape index (κ2) is 11.3. The van der Waals surface area contributed by atoms with Crippen molar-refractivity contribution in [2.75, 3.05) is 44.4 Å². The van der Waals surface area contributed by atoms with E-state index >= 15 is 4.39 Å². The predicted octanol–water partition coefficient (Wildman–Crippen LogP) is 5.96. The van der Waals surface area contributed by atoms with Gasteiger partial charge in [0.25, 0.3) is 0 Å². The van der Waals surface area contributed by atoms with Crippen LogP contribution in [0.1, 0.15) is 18.5 Å². The third-order valence-corrected chi connectivity index (χ3v) is 8.97. The summed E-state index contributed by atoms with van der Waals surface area (Å²) in [5.41, 5.74) is -2.44. The van der Waals surface area contributed by atoms with Crippen molar-refractivity contribution >= 4 is 46.0 Å². The summed E-state index contributed by atoms with van der Waals surface area (Å²) in [5.74, 6) is -2.54. The van der Waals surface area contributed by atoms with Crippen LogP contribution in [0.2, 0.25) is 5.02 Å². The molecule has 0 radical (unpaired) electrons. The Morgan fingerprint density at radius 2 is 1.93 bits per heavy atom. The molecule has 0 spiro atoms. The van der Waals surface area contributed by atoms with Crippen LogP contribution in [0.3, 0.4) is 0 Å². The lowest BCUT2D eigenvalue weighted by Gasteiger charge is -2.42. The number of halogens is 6. The zero-order chi connectivity index (χ0) is 31.5. The van der Waals surface area contributed by atoms with Crippen LogP contribution in [-0.2, 0) is 11.0 Å². The Morgan fingerprint density at radius 3 is 2.53 bits per heavy atom. The van der Waals surface area contributed by atoms with Crippen molar-refractivity contribution in [2.45, 2.75) is 30.1 Å². The SMILES string of the molecule is C=CC(=O)N1C(=C)CN(c2nc(=O)n3c4c(c(-c5cc(Cl)c(F)cc5F)c(C(F)(F)F)cc24)SC[C@@H]3CN(C)C)C[C@H]1C. The number of likely N-dealkylation sites (N-methyl/N-ethyl adjacent to an activating group) is 1. The molecule has 2 aromatic carbocycles. The van der Waals surface area contributed by atoms with Gasteiger partial charge in [-0.3, -0.25) is 9.36 Å². The van der Waals surface area contributed by atoms with Gasteiger partial charge < -0.3 is 14.7 Å². The molecule has 1 fully saturated rings. The Morgan fingerprint density at radius 1 is 1.23 bits per heavy atom. The molecule has 3 aromatic rings. The van der Waals surface area contributed by atoms with E-state index in [1.165, 1.54) is 9.47 Å². The smallest absolute Gasteiger partial charge is 0.348 e. The summed E-state index contributed by atoms with van der Waals surface area (Å²) in [7, 11) is 3.60. The molecule has 7 nitrogen and oxygen atoms in total. The van der Waals surface area contributed by atoms with E-state index in [0.717, 1.165) is 30.0 Å². The quantitative estimate of drug-likeness (QED) is 0.195. The van der Waals surface area contributed by atoms with Crippen molar-refractivity contribution in [1.82, 2.24) is 19.4 Å². The van der Waals surface area contributed by atoms with Crippen molar-refractivity contribution < 1.29 is 26.7 Å². The molecular weight excluding hydrogens is 613 g/mol. The van der Waals surface area contributed by atoms with Gasteiger partial charge in [-0.2, -0.15) is 18.2 Å². The van der Waals surface area contributed by atoms with Crippen LogP contribution < -0.4 is 10.6 Å². The van der Waals surface area contributed by atoms with Crippen LogP contribution in [-0.4, -0.2) is 70.8 Å². The third-order valence-electron chi connectivity index (χ3n) is 7.44. The van der Waals surface area contributed by atoms with E-state index in [1.807, 2.05) is 4.90 Å². The Hall–Kier alpha value is -3.42. The van der Waals surface area contributed by atoms with Crippen LogP contribution in [0.5, 0.6) is 0 Å². The molecule has 0 bridgehead atoms. The highest BCUT2D eigenvalue weighted by atomic mass is 35.5. The highest BCUT2D eigenvalue weighted by Crippen LogP contribution is 2.50. The van der Waals surface area contributed by atoms with Gasteiger partial charge in [-0.05, 0) is 39.2 Å². The molecule has 0 aliphatic carbocycles. The van der Waals surface area contributed by atoms with Crippen molar-refractivity contribution in [3.63, 3.8) is 0 Å². The molecule has 1 saturated heterocycles. The molecule has 5 rings (SSSR count). The summed E-state index contributed by atoms with van der Waals surface area (Å²) in [5, 5.41) is -0.519. The zero-order valence-corrected chi connectivity index (χ0v) is 25.0. The number of hydrogen-bond acceptors (Lipinski definition) is 6. The first-order chi connectivity index (χ1) is 20.1. The van der Waals surface area contributed by atoms with Crippen LogP contribution in [0.15, 0.2) is 52.8 Å². The number of rotatable bonds is 5. The lowest BCUT2D eigenvalue weighted by Crippen LogP contribution is -2.52. The molecule has 0 unspecified atom stereocenters. The largest absolute Gasteiger partial charge is 0.417 e. The number of carbonyl (C=O) groups is 1. The summed E-state index contributed by atoms with van der Waals surface area (Å²) in [6.45, 7) is 9.73. The van der Waals surface area contributed by atoms with Gasteiger partial charge in [0.15, 0.2) is 0 Å². The number of amides is 1. The number of piperazine rings is 1. The van der Waals surface area contributed by atoms with Crippen molar-refractivity contribution in [3.05, 3.63) is 75.8 Å². The van der Waals surface area contributed by atoms with Gasteiger partial charge in [-0.1, -0.05) is 24.8 Å². The second-order valence-electron chi connectivity index (χ2n) is 10.8. The van der Waals surface area contributed by atoms with Gasteiger partial charge in [0, 0.05) is 52.0 Å². The average Bonchev–Trinajstić information content (AvgIpc) is 2.91. The van der Waals surface area contributed by atoms with Crippen molar-refractivity contribution in [3.8, 4) is 11.1 Å². The first-order valence-corrected chi connectivity index (χ1v) is 14.5. The Kier molecular flexibility index (Phi) is 8.12. The average molecular weight is 640 g/mol. The summed E-state index contributed by atoms with van der Waals surface area (Å²) in [6, 6.07) is 1.20.